The average molecular weight is 490 g/mol. The second-order valence-corrected chi connectivity index (χ2v) is 10.1. The third-order valence-electron chi connectivity index (χ3n) is 5.61. The average Bonchev–Trinajstić information content (AvgIpc) is 3.34. The fourth-order valence-corrected chi connectivity index (χ4v) is 4.66. The molecule has 0 aliphatic carbocycles. The number of carbonyl (C=O) groups excluding carboxylic acids is 1. The molecule has 1 aromatic heterocycles. The monoisotopic (exact) mass is 489 g/mol. The maximum absolute atomic E-state index is 12.8. The smallest absolute Gasteiger partial charge is 0.261 e. The van der Waals surface area contributed by atoms with E-state index in [1.165, 1.54) is 24.3 Å². The van der Waals surface area contributed by atoms with Gasteiger partial charge in [0.1, 0.15) is 11.5 Å². The lowest BCUT2D eigenvalue weighted by atomic mass is 10.1. The Morgan fingerprint density at radius 1 is 0.971 bits per heavy atom. The molecule has 0 atom stereocenters. The fraction of sp³-hybridized carbons (Fsp3) is 0.185. The van der Waals surface area contributed by atoms with Gasteiger partial charge in [-0.3, -0.25) is 9.52 Å². The van der Waals surface area contributed by atoms with E-state index in [2.05, 4.69) is 9.88 Å². The number of sulfonamides is 1. The number of carbonyl (C=O) groups is 1. The van der Waals surface area contributed by atoms with Gasteiger partial charge in [0.25, 0.3) is 15.9 Å². The minimum absolute atomic E-state index is 0.0943. The molecule has 7 nitrogen and oxygen atoms in total. The Hall–Kier alpha value is -3.91. The maximum atomic E-state index is 12.8. The van der Waals surface area contributed by atoms with Crippen LogP contribution in [-0.2, 0) is 16.4 Å². The fourth-order valence-electron chi connectivity index (χ4n) is 3.60. The van der Waals surface area contributed by atoms with E-state index in [1.807, 2.05) is 55.5 Å². The molecule has 4 aromatic rings. The molecule has 1 heterocycles. The Balaban J connectivity index is 1.31. The zero-order valence-corrected chi connectivity index (χ0v) is 20.5. The highest BCUT2D eigenvalue weighted by Gasteiger charge is 2.17. The summed E-state index contributed by atoms with van der Waals surface area (Å²) in [7, 11) is -2.02. The van der Waals surface area contributed by atoms with Crippen molar-refractivity contribution in [3.8, 4) is 11.3 Å². The van der Waals surface area contributed by atoms with Crippen molar-refractivity contribution >= 4 is 21.6 Å². The van der Waals surface area contributed by atoms with E-state index in [4.69, 9.17) is 4.52 Å². The predicted molar refractivity (Wildman–Crippen MR) is 136 cm³/mol. The summed E-state index contributed by atoms with van der Waals surface area (Å²) in [6.07, 6.45) is 1.36. The number of aromatic nitrogens is 1. The summed E-state index contributed by atoms with van der Waals surface area (Å²) in [5.41, 5.74) is 3.73. The van der Waals surface area contributed by atoms with Gasteiger partial charge >= 0.3 is 0 Å². The summed E-state index contributed by atoms with van der Waals surface area (Å²) < 4.78 is 33.3. The van der Waals surface area contributed by atoms with E-state index in [1.54, 1.807) is 24.1 Å². The van der Waals surface area contributed by atoms with Crippen LogP contribution in [0, 0.1) is 6.92 Å². The second-order valence-electron chi connectivity index (χ2n) is 8.37. The lowest BCUT2D eigenvalue weighted by molar-refractivity contribution is 0.0792. The molecule has 0 radical (unpaired) electrons. The molecule has 180 valence electrons. The third-order valence-corrected chi connectivity index (χ3v) is 7.00. The van der Waals surface area contributed by atoms with Crippen molar-refractivity contribution in [3.05, 3.63) is 102 Å². The molecule has 0 aliphatic heterocycles. The molecule has 0 aliphatic rings. The van der Waals surface area contributed by atoms with E-state index in [0.29, 0.717) is 30.6 Å². The first-order valence-electron chi connectivity index (χ1n) is 11.3. The van der Waals surface area contributed by atoms with Gasteiger partial charge < -0.3 is 9.42 Å². The molecule has 3 aromatic carbocycles. The zero-order valence-electron chi connectivity index (χ0n) is 19.6. The van der Waals surface area contributed by atoms with E-state index in [9.17, 15) is 13.2 Å². The highest BCUT2D eigenvalue weighted by Crippen LogP contribution is 2.20. The van der Waals surface area contributed by atoms with E-state index in [0.717, 1.165) is 22.6 Å². The van der Waals surface area contributed by atoms with Crippen LogP contribution >= 0.6 is 0 Å². The Kier molecular flexibility index (Phi) is 7.31. The summed E-state index contributed by atoms with van der Waals surface area (Å²) in [5.74, 6) is 0.586. The molecule has 0 spiro atoms. The summed E-state index contributed by atoms with van der Waals surface area (Å²) >= 11 is 0. The molecule has 0 saturated carbocycles. The lowest BCUT2D eigenvalue weighted by Gasteiger charge is -2.17. The number of hydrogen-bond donors (Lipinski definition) is 1. The van der Waals surface area contributed by atoms with Crippen LogP contribution in [0.5, 0.6) is 0 Å². The van der Waals surface area contributed by atoms with Gasteiger partial charge in [0.15, 0.2) is 0 Å². The van der Waals surface area contributed by atoms with Gasteiger partial charge in [0.05, 0.1) is 4.90 Å². The Bertz CT molecular complexity index is 1380. The van der Waals surface area contributed by atoms with Crippen molar-refractivity contribution < 1.29 is 17.7 Å². The lowest BCUT2D eigenvalue weighted by Crippen LogP contribution is -2.28. The van der Waals surface area contributed by atoms with Gasteiger partial charge in [-0.05, 0) is 49.7 Å². The number of amides is 1. The quantitative estimate of drug-likeness (QED) is 0.351. The number of rotatable bonds is 9. The number of benzene rings is 3. The van der Waals surface area contributed by atoms with Gasteiger partial charge in [0.2, 0.25) is 0 Å². The Morgan fingerprint density at radius 3 is 2.34 bits per heavy atom. The molecule has 8 heteroatoms. The van der Waals surface area contributed by atoms with Crippen molar-refractivity contribution in [2.45, 2.75) is 24.7 Å². The Labute approximate surface area is 205 Å². The normalized spacial score (nSPS) is 11.3. The van der Waals surface area contributed by atoms with Crippen molar-refractivity contribution in [1.29, 1.82) is 0 Å². The van der Waals surface area contributed by atoms with Crippen LogP contribution < -0.4 is 4.72 Å². The largest absolute Gasteiger partial charge is 0.361 e. The summed E-state index contributed by atoms with van der Waals surface area (Å²) in [6, 6.07) is 24.8. The van der Waals surface area contributed by atoms with Crippen molar-refractivity contribution in [3.63, 3.8) is 0 Å². The van der Waals surface area contributed by atoms with E-state index < -0.39 is 10.0 Å². The van der Waals surface area contributed by atoms with E-state index in [-0.39, 0.29) is 10.8 Å². The van der Waals surface area contributed by atoms with Crippen LogP contribution in [-0.4, -0.2) is 38.0 Å². The molecular formula is C27H27N3O4S. The number of hydrogen-bond acceptors (Lipinski definition) is 5. The SMILES string of the molecule is Cc1ccc(NS(=O)(=O)c2ccc(C(=O)N(C)CCCc3cc(-c4ccccc4)no3)cc2)cc1. The molecule has 35 heavy (non-hydrogen) atoms. The van der Waals surface area contributed by atoms with Crippen LogP contribution in [0.3, 0.4) is 0 Å². The maximum Gasteiger partial charge on any atom is 0.261 e. The topological polar surface area (TPSA) is 92.5 Å². The summed E-state index contributed by atoms with van der Waals surface area (Å²) in [5, 5.41) is 4.12. The van der Waals surface area contributed by atoms with Crippen LogP contribution in [0.2, 0.25) is 0 Å². The van der Waals surface area contributed by atoms with Crippen LogP contribution in [0.4, 0.5) is 5.69 Å². The zero-order chi connectivity index (χ0) is 24.8. The molecule has 0 unspecified atom stereocenters. The standard InChI is InChI=1S/C27H27N3O4S/c1-20-10-14-23(15-11-20)29-35(32,33)25-16-12-22(13-17-25)27(31)30(2)18-6-9-24-19-26(28-34-24)21-7-4-3-5-8-21/h3-5,7-8,10-17,19,29H,6,9,18H2,1-2H3. The van der Waals surface area contributed by atoms with Gasteiger partial charge in [-0.2, -0.15) is 0 Å². The first-order chi connectivity index (χ1) is 16.8. The van der Waals surface area contributed by atoms with E-state index >= 15 is 0 Å². The van der Waals surface area contributed by atoms with Crippen LogP contribution in [0.1, 0.15) is 28.1 Å². The van der Waals surface area contributed by atoms with Crippen LogP contribution in [0.15, 0.2) is 94.3 Å². The minimum atomic E-state index is -3.74. The molecular weight excluding hydrogens is 462 g/mol. The van der Waals surface area contributed by atoms with Crippen LogP contribution in [0.25, 0.3) is 11.3 Å². The molecule has 0 saturated heterocycles. The predicted octanol–water partition coefficient (Wildman–Crippen LogP) is 5.16. The van der Waals surface area contributed by atoms with Gasteiger partial charge in [-0.15, -0.1) is 0 Å². The first kappa shape index (κ1) is 24.2. The summed E-state index contributed by atoms with van der Waals surface area (Å²) in [4.78, 5) is 14.5. The van der Waals surface area contributed by atoms with Gasteiger partial charge in [-0.25, -0.2) is 8.42 Å². The van der Waals surface area contributed by atoms with Crippen molar-refractivity contribution in [2.75, 3.05) is 18.3 Å². The summed E-state index contributed by atoms with van der Waals surface area (Å²) in [6.45, 7) is 2.45. The van der Waals surface area contributed by atoms with Gasteiger partial charge in [0, 0.05) is 42.9 Å². The molecule has 0 bridgehead atoms. The highest BCUT2D eigenvalue weighted by molar-refractivity contribution is 7.92. The van der Waals surface area contributed by atoms with Gasteiger partial charge in [-0.1, -0.05) is 53.2 Å². The molecule has 4 rings (SSSR count). The molecule has 1 N–H and O–H groups in total. The number of nitrogens with zero attached hydrogens (tertiary/aromatic N) is 2. The highest BCUT2D eigenvalue weighted by atomic mass is 32.2. The second kappa shape index (κ2) is 10.6. The number of anilines is 1. The Morgan fingerprint density at radius 2 is 1.66 bits per heavy atom. The number of aryl methyl sites for hydroxylation is 2. The first-order valence-corrected chi connectivity index (χ1v) is 12.8. The molecule has 0 fully saturated rings. The van der Waals surface area contributed by atoms with Crippen molar-refractivity contribution in [1.82, 2.24) is 10.1 Å². The minimum Gasteiger partial charge on any atom is -0.361 e. The third kappa shape index (κ3) is 6.16. The molecule has 1 amide bonds. The number of nitrogens with one attached hydrogen (secondary N) is 1. The van der Waals surface area contributed by atoms with Crippen molar-refractivity contribution in [2.24, 2.45) is 0 Å².